The van der Waals surface area contributed by atoms with Crippen LogP contribution in [0.2, 0.25) is 0 Å². The number of carbonyl (C=O) groups is 4. The number of carbonyl (C=O) groups excluding carboxylic acids is 4. The molecular formula is C22H18N2O5. The number of rotatable bonds is 3. The van der Waals surface area contributed by atoms with Gasteiger partial charge in [0.1, 0.15) is 5.78 Å². The van der Waals surface area contributed by atoms with Gasteiger partial charge in [-0.2, -0.15) is 0 Å². The lowest BCUT2D eigenvalue weighted by Crippen LogP contribution is -2.48. The Labute approximate surface area is 166 Å². The van der Waals surface area contributed by atoms with E-state index in [9.17, 15) is 19.2 Å². The molecule has 3 aliphatic rings. The maximum Gasteiger partial charge on any atom is 0.261 e. The smallest absolute Gasteiger partial charge is 0.261 e. The number of hydrogen-bond acceptors (Lipinski definition) is 5. The van der Waals surface area contributed by atoms with Gasteiger partial charge in [0, 0.05) is 30.6 Å². The average Bonchev–Trinajstić information content (AvgIpc) is 3.12. The van der Waals surface area contributed by atoms with Crippen molar-refractivity contribution in [3.8, 4) is 0 Å². The first-order valence-corrected chi connectivity index (χ1v) is 9.55. The number of Topliss-reactive ketones (excluding diaryl/α,β-unsaturated/α-hetero) is 1. The number of imide groups is 1. The molecule has 0 saturated carbocycles. The largest absolute Gasteiger partial charge is 0.356 e. The highest BCUT2D eigenvalue weighted by Crippen LogP contribution is 2.45. The molecule has 1 saturated heterocycles. The van der Waals surface area contributed by atoms with E-state index in [1.807, 2.05) is 6.07 Å². The molecule has 2 aromatic rings. The fourth-order valence-electron chi connectivity index (χ4n) is 4.43. The highest BCUT2D eigenvalue weighted by Gasteiger charge is 2.53. The maximum absolute atomic E-state index is 12.7. The Bertz CT molecular complexity index is 1040. The predicted octanol–water partition coefficient (Wildman–Crippen LogP) is 2.27. The van der Waals surface area contributed by atoms with Crippen LogP contribution < -0.4 is 5.32 Å². The number of nitrogens with one attached hydrogen (secondary N) is 1. The Kier molecular flexibility index (Phi) is 3.89. The van der Waals surface area contributed by atoms with Crippen LogP contribution in [0.1, 0.15) is 45.5 Å². The normalized spacial score (nSPS) is 25.4. The van der Waals surface area contributed by atoms with Crippen LogP contribution >= 0.6 is 0 Å². The van der Waals surface area contributed by atoms with Gasteiger partial charge in [-0.05, 0) is 24.6 Å². The fraction of sp³-hybridized carbons (Fsp3) is 0.273. The molecule has 3 heterocycles. The number of anilines is 1. The third-order valence-electron chi connectivity index (χ3n) is 5.80. The van der Waals surface area contributed by atoms with Crippen LogP contribution in [0.4, 0.5) is 5.69 Å². The third kappa shape index (κ3) is 2.61. The molecule has 1 fully saturated rings. The molecule has 1 N–H and O–H groups in total. The van der Waals surface area contributed by atoms with Crippen molar-refractivity contribution in [2.45, 2.75) is 31.0 Å². The summed E-state index contributed by atoms with van der Waals surface area (Å²) < 4.78 is 6.17. The van der Waals surface area contributed by atoms with Gasteiger partial charge >= 0.3 is 0 Å². The van der Waals surface area contributed by atoms with Crippen molar-refractivity contribution < 1.29 is 23.9 Å². The summed E-state index contributed by atoms with van der Waals surface area (Å²) in [6.07, 6.45) is -0.133. The predicted molar refractivity (Wildman–Crippen MR) is 102 cm³/mol. The Morgan fingerprint density at radius 3 is 2.34 bits per heavy atom. The zero-order chi connectivity index (χ0) is 20.2. The Morgan fingerprint density at radius 1 is 0.966 bits per heavy atom. The van der Waals surface area contributed by atoms with E-state index < -0.39 is 11.7 Å². The van der Waals surface area contributed by atoms with E-state index in [4.69, 9.17) is 4.74 Å². The van der Waals surface area contributed by atoms with Crippen molar-refractivity contribution in [1.29, 1.82) is 0 Å². The van der Waals surface area contributed by atoms with E-state index in [1.54, 1.807) is 42.5 Å². The lowest BCUT2D eigenvalue weighted by molar-refractivity contribution is -0.170. The van der Waals surface area contributed by atoms with Crippen molar-refractivity contribution in [3.63, 3.8) is 0 Å². The van der Waals surface area contributed by atoms with Gasteiger partial charge in [0.15, 0.2) is 5.60 Å². The molecule has 0 aromatic heterocycles. The molecule has 3 amide bonds. The van der Waals surface area contributed by atoms with Gasteiger partial charge < -0.3 is 10.1 Å². The second-order valence-corrected chi connectivity index (χ2v) is 7.58. The topological polar surface area (TPSA) is 92.8 Å². The van der Waals surface area contributed by atoms with Gasteiger partial charge in [-0.25, -0.2) is 0 Å². The molecule has 29 heavy (non-hydrogen) atoms. The first-order valence-electron chi connectivity index (χ1n) is 9.55. The minimum Gasteiger partial charge on any atom is -0.356 e. The number of nitrogens with zero attached hydrogens (tertiary/aromatic N) is 1. The first kappa shape index (κ1) is 17.8. The summed E-state index contributed by atoms with van der Waals surface area (Å²) in [6, 6.07) is 13.9. The number of hydrogen-bond donors (Lipinski definition) is 1. The van der Waals surface area contributed by atoms with Crippen molar-refractivity contribution in [2.75, 3.05) is 11.9 Å². The van der Waals surface area contributed by atoms with Crippen LogP contribution in [0, 0.1) is 0 Å². The van der Waals surface area contributed by atoms with Crippen molar-refractivity contribution in [1.82, 2.24) is 4.90 Å². The zero-order valence-corrected chi connectivity index (χ0v) is 15.5. The summed E-state index contributed by atoms with van der Waals surface area (Å²) >= 11 is 0. The van der Waals surface area contributed by atoms with E-state index in [0.717, 1.165) is 0 Å². The summed E-state index contributed by atoms with van der Waals surface area (Å²) in [7, 11) is 0. The van der Waals surface area contributed by atoms with Crippen molar-refractivity contribution in [3.05, 3.63) is 65.2 Å². The molecule has 2 atom stereocenters. The standard InChI is InChI=1S/C22H18N2O5/c25-13-11-14(9-10-24-19(26)15-5-1-2-6-16(15)20(24)27)29-22(12-13)17-7-3-4-8-18(17)23-21(22)28/h1-8,14H,9-12H2,(H,23,28)/t14-,22+/m1/s1. The second kappa shape index (κ2) is 6.35. The van der Waals surface area contributed by atoms with E-state index in [0.29, 0.717) is 22.4 Å². The zero-order valence-electron chi connectivity index (χ0n) is 15.5. The SMILES string of the molecule is O=C1C[C@@H](CCN2C(=O)c3ccccc3C2=O)O[C@]2(C1)C(=O)Nc1ccccc12. The molecule has 7 heteroatoms. The molecule has 2 aromatic carbocycles. The maximum atomic E-state index is 12.7. The van der Waals surface area contributed by atoms with Crippen LogP contribution in [0.5, 0.6) is 0 Å². The Morgan fingerprint density at radius 2 is 1.62 bits per heavy atom. The minimum absolute atomic E-state index is 0.0145. The molecular weight excluding hydrogens is 372 g/mol. The molecule has 1 spiro atoms. The van der Waals surface area contributed by atoms with Crippen molar-refractivity contribution in [2.24, 2.45) is 0 Å². The number of benzene rings is 2. The molecule has 0 unspecified atom stereocenters. The third-order valence-corrected chi connectivity index (χ3v) is 5.80. The van der Waals surface area contributed by atoms with Crippen LogP contribution in [0.15, 0.2) is 48.5 Å². The van der Waals surface area contributed by atoms with E-state index in [2.05, 4.69) is 5.32 Å². The van der Waals surface area contributed by atoms with Gasteiger partial charge in [-0.3, -0.25) is 24.1 Å². The lowest BCUT2D eigenvalue weighted by atomic mass is 9.84. The molecule has 5 rings (SSSR count). The summed E-state index contributed by atoms with van der Waals surface area (Å²) in [5.41, 5.74) is 0.742. The molecule has 7 nitrogen and oxygen atoms in total. The number of ether oxygens (including phenoxy) is 1. The number of para-hydroxylation sites is 1. The fourth-order valence-corrected chi connectivity index (χ4v) is 4.43. The van der Waals surface area contributed by atoms with Gasteiger partial charge in [0.2, 0.25) is 0 Å². The van der Waals surface area contributed by atoms with Gasteiger partial charge in [0.25, 0.3) is 17.7 Å². The highest BCUT2D eigenvalue weighted by molar-refractivity contribution is 6.21. The summed E-state index contributed by atoms with van der Waals surface area (Å²) in [4.78, 5) is 51.5. The summed E-state index contributed by atoms with van der Waals surface area (Å²) in [6.45, 7) is 0.129. The quantitative estimate of drug-likeness (QED) is 0.812. The molecule has 3 aliphatic heterocycles. The lowest BCUT2D eigenvalue weighted by Gasteiger charge is -2.36. The second-order valence-electron chi connectivity index (χ2n) is 7.58. The van der Waals surface area contributed by atoms with Crippen molar-refractivity contribution >= 4 is 29.2 Å². The first-order chi connectivity index (χ1) is 14.0. The van der Waals surface area contributed by atoms with Crippen LogP contribution in [-0.4, -0.2) is 41.1 Å². The Balaban J connectivity index is 1.36. The van der Waals surface area contributed by atoms with E-state index in [-0.39, 0.29) is 49.3 Å². The number of ketones is 1. The van der Waals surface area contributed by atoms with Gasteiger partial charge in [0.05, 0.1) is 17.2 Å². The van der Waals surface area contributed by atoms with Gasteiger partial charge in [-0.15, -0.1) is 0 Å². The Hall–Kier alpha value is -3.32. The van der Waals surface area contributed by atoms with E-state index >= 15 is 0 Å². The number of amides is 3. The monoisotopic (exact) mass is 390 g/mol. The highest BCUT2D eigenvalue weighted by atomic mass is 16.5. The van der Waals surface area contributed by atoms with Crippen LogP contribution in [0.3, 0.4) is 0 Å². The molecule has 0 aliphatic carbocycles. The van der Waals surface area contributed by atoms with Crippen LogP contribution in [-0.2, 0) is 19.9 Å². The van der Waals surface area contributed by atoms with E-state index in [1.165, 1.54) is 4.90 Å². The van der Waals surface area contributed by atoms with Crippen LogP contribution in [0.25, 0.3) is 0 Å². The summed E-state index contributed by atoms with van der Waals surface area (Å²) in [5.74, 6) is -1.11. The number of fused-ring (bicyclic) bond motifs is 3. The molecule has 0 bridgehead atoms. The average molecular weight is 390 g/mol. The summed E-state index contributed by atoms with van der Waals surface area (Å²) in [5, 5.41) is 2.79. The minimum atomic E-state index is -1.33. The molecule has 146 valence electrons. The van der Waals surface area contributed by atoms with Gasteiger partial charge in [-0.1, -0.05) is 30.3 Å². The molecule has 0 radical (unpaired) electrons.